The Labute approximate surface area is 75.5 Å². The van der Waals surface area contributed by atoms with Crippen molar-refractivity contribution < 1.29 is 5.11 Å². The van der Waals surface area contributed by atoms with Crippen LogP contribution in [0.1, 0.15) is 45.4 Å². The zero-order valence-electron chi connectivity index (χ0n) is 8.00. The Balaban J connectivity index is 2.25. The largest absolute Gasteiger partial charge is 0.393 e. The molecule has 0 aromatic carbocycles. The SMILES string of the molecule is CCCC[C@H](O)[C@H]1C=CCCC1. The van der Waals surface area contributed by atoms with Gasteiger partial charge in [0.25, 0.3) is 0 Å². The van der Waals surface area contributed by atoms with Crippen molar-refractivity contribution in [2.45, 2.75) is 51.6 Å². The summed E-state index contributed by atoms with van der Waals surface area (Å²) < 4.78 is 0. The van der Waals surface area contributed by atoms with Crippen molar-refractivity contribution in [3.8, 4) is 0 Å². The third-order valence-corrected chi connectivity index (χ3v) is 2.64. The second-order valence-corrected chi connectivity index (χ2v) is 3.73. The van der Waals surface area contributed by atoms with Crippen molar-refractivity contribution in [1.82, 2.24) is 0 Å². The summed E-state index contributed by atoms with van der Waals surface area (Å²) in [5.41, 5.74) is 0. The van der Waals surface area contributed by atoms with Gasteiger partial charge in [-0.25, -0.2) is 0 Å². The molecule has 1 aliphatic carbocycles. The van der Waals surface area contributed by atoms with E-state index >= 15 is 0 Å². The van der Waals surface area contributed by atoms with E-state index in [1.54, 1.807) is 0 Å². The van der Waals surface area contributed by atoms with Gasteiger partial charge in [0.1, 0.15) is 0 Å². The standard InChI is InChI=1S/C11H20O/c1-2-3-9-11(12)10-7-5-4-6-8-10/h5,7,10-12H,2-4,6,8-9H2,1H3/t10-,11-/m0/s1. The van der Waals surface area contributed by atoms with Crippen LogP contribution in [0.5, 0.6) is 0 Å². The summed E-state index contributed by atoms with van der Waals surface area (Å²) in [6, 6.07) is 0. The molecule has 0 saturated heterocycles. The fourth-order valence-corrected chi connectivity index (χ4v) is 1.79. The second kappa shape index (κ2) is 5.36. The minimum Gasteiger partial charge on any atom is -0.393 e. The molecule has 70 valence electrons. The lowest BCUT2D eigenvalue weighted by molar-refractivity contribution is 0.111. The number of hydrogen-bond donors (Lipinski definition) is 1. The molecule has 0 spiro atoms. The van der Waals surface area contributed by atoms with Crippen LogP contribution in [0.2, 0.25) is 0 Å². The zero-order valence-corrected chi connectivity index (χ0v) is 8.00. The fraction of sp³-hybridized carbons (Fsp3) is 0.818. The predicted molar refractivity (Wildman–Crippen MR) is 52.0 cm³/mol. The first-order valence-electron chi connectivity index (χ1n) is 5.19. The van der Waals surface area contributed by atoms with E-state index in [1.807, 2.05) is 0 Å². The molecule has 0 unspecified atom stereocenters. The summed E-state index contributed by atoms with van der Waals surface area (Å²) in [4.78, 5) is 0. The van der Waals surface area contributed by atoms with Crippen LogP contribution in [0.4, 0.5) is 0 Å². The predicted octanol–water partition coefficient (Wildman–Crippen LogP) is 2.89. The molecule has 0 heterocycles. The van der Waals surface area contributed by atoms with E-state index in [4.69, 9.17) is 0 Å². The van der Waals surface area contributed by atoms with Crippen molar-refractivity contribution >= 4 is 0 Å². The van der Waals surface area contributed by atoms with Crippen molar-refractivity contribution in [2.24, 2.45) is 5.92 Å². The van der Waals surface area contributed by atoms with Crippen LogP contribution in [-0.4, -0.2) is 11.2 Å². The third-order valence-electron chi connectivity index (χ3n) is 2.64. The first kappa shape index (κ1) is 9.79. The number of rotatable bonds is 4. The Hall–Kier alpha value is -0.300. The van der Waals surface area contributed by atoms with Crippen LogP contribution in [-0.2, 0) is 0 Å². The summed E-state index contributed by atoms with van der Waals surface area (Å²) >= 11 is 0. The zero-order chi connectivity index (χ0) is 8.81. The maximum atomic E-state index is 9.75. The summed E-state index contributed by atoms with van der Waals surface area (Å²) in [6.07, 6.45) is 11.3. The molecule has 0 aromatic heterocycles. The Morgan fingerprint density at radius 3 is 3.00 bits per heavy atom. The average molecular weight is 168 g/mol. The second-order valence-electron chi connectivity index (χ2n) is 3.73. The molecule has 0 amide bonds. The quantitative estimate of drug-likeness (QED) is 0.640. The van der Waals surface area contributed by atoms with Crippen LogP contribution in [0.25, 0.3) is 0 Å². The highest BCUT2D eigenvalue weighted by Gasteiger charge is 2.16. The van der Waals surface area contributed by atoms with Crippen molar-refractivity contribution in [2.75, 3.05) is 0 Å². The molecule has 1 N–H and O–H groups in total. The van der Waals surface area contributed by atoms with E-state index in [-0.39, 0.29) is 6.10 Å². The maximum Gasteiger partial charge on any atom is 0.0602 e. The lowest BCUT2D eigenvalue weighted by Crippen LogP contribution is -2.19. The highest BCUT2D eigenvalue weighted by Crippen LogP contribution is 2.22. The summed E-state index contributed by atoms with van der Waals surface area (Å²) in [7, 11) is 0. The molecule has 1 heteroatoms. The molecule has 1 rings (SSSR count). The van der Waals surface area contributed by atoms with Crippen LogP contribution in [0.3, 0.4) is 0 Å². The molecular weight excluding hydrogens is 148 g/mol. The number of aliphatic hydroxyl groups is 1. The highest BCUT2D eigenvalue weighted by atomic mass is 16.3. The number of aliphatic hydroxyl groups excluding tert-OH is 1. The fourth-order valence-electron chi connectivity index (χ4n) is 1.79. The lowest BCUT2D eigenvalue weighted by atomic mass is 9.89. The molecule has 0 bridgehead atoms. The lowest BCUT2D eigenvalue weighted by Gasteiger charge is -2.21. The highest BCUT2D eigenvalue weighted by molar-refractivity contribution is 4.95. The van der Waals surface area contributed by atoms with E-state index in [9.17, 15) is 5.11 Å². The van der Waals surface area contributed by atoms with Gasteiger partial charge in [-0.05, 0) is 25.7 Å². The molecule has 1 nitrogen and oxygen atoms in total. The molecule has 12 heavy (non-hydrogen) atoms. The van der Waals surface area contributed by atoms with Gasteiger partial charge in [0.15, 0.2) is 0 Å². The minimum atomic E-state index is -0.0819. The number of allylic oxidation sites excluding steroid dienone is 1. The van der Waals surface area contributed by atoms with E-state index in [0.29, 0.717) is 5.92 Å². The smallest absolute Gasteiger partial charge is 0.0602 e. The van der Waals surface area contributed by atoms with Gasteiger partial charge in [0.05, 0.1) is 6.10 Å². The molecule has 0 saturated carbocycles. The molecule has 1 aliphatic rings. The molecule has 0 radical (unpaired) electrons. The van der Waals surface area contributed by atoms with Gasteiger partial charge in [0.2, 0.25) is 0 Å². The van der Waals surface area contributed by atoms with Crippen LogP contribution in [0.15, 0.2) is 12.2 Å². The van der Waals surface area contributed by atoms with E-state index in [0.717, 1.165) is 12.8 Å². The van der Waals surface area contributed by atoms with Crippen LogP contribution in [0, 0.1) is 5.92 Å². The molecule has 0 aliphatic heterocycles. The Morgan fingerprint density at radius 1 is 1.58 bits per heavy atom. The summed E-state index contributed by atoms with van der Waals surface area (Å²) in [5.74, 6) is 0.449. The molecule has 0 aromatic rings. The Bertz CT molecular complexity index is 140. The van der Waals surface area contributed by atoms with Gasteiger partial charge in [-0.3, -0.25) is 0 Å². The number of hydrogen-bond acceptors (Lipinski definition) is 1. The molecule has 0 fully saturated rings. The van der Waals surface area contributed by atoms with E-state index < -0.39 is 0 Å². The van der Waals surface area contributed by atoms with E-state index in [2.05, 4.69) is 19.1 Å². The van der Waals surface area contributed by atoms with Gasteiger partial charge < -0.3 is 5.11 Å². The summed E-state index contributed by atoms with van der Waals surface area (Å²) in [5, 5.41) is 9.75. The van der Waals surface area contributed by atoms with Gasteiger partial charge >= 0.3 is 0 Å². The van der Waals surface area contributed by atoms with Gasteiger partial charge in [-0.2, -0.15) is 0 Å². The van der Waals surface area contributed by atoms with Crippen molar-refractivity contribution in [3.05, 3.63) is 12.2 Å². The van der Waals surface area contributed by atoms with Crippen molar-refractivity contribution in [3.63, 3.8) is 0 Å². The van der Waals surface area contributed by atoms with Crippen LogP contribution >= 0.6 is 0 Å². The summed E-state index contributed by atoms with van der Waals surface area (Å²) in [6.45, 7) is 2.17. The first-order valence-corrected chi connectivity index (χ1v) is 5.19. The molecule has 2 atom stereocenters. The first-order chi connectivity index (χ1) is 5.84. The average Bonchev–Trinajstić information content (AvgIpc) is 2.15. The Kier molecular flexibility index (Phi) is 4.37. The monoisotopic (exact) mass is 168 g/mol. The van der Waals surface area contributed by atoms with Gasteiger partial charge in [0, 0.05) is 5.92 Å². The Morgan fingerprint density at radius 2 is 2.42 bits per heavy atom. The third kappa shape index (κ3) is 2.98. The normalized spacial score (nSPS) is 25.7. The van der Waals surface area contributed by atoms with E-state index in [1.165, 1.54) is 25.7 Å². The van der Waals surface area contributed by atoms with Gasteiger partial charge in [-0.15, -0.1) is 0 Å². The topological polar surface area (TPSA) is 20.2 Å². The molecular formula is C11H20O. The maximum absolute atomic E-state index is 9.75. The van der Waals surface area contributed by atoms with Gasteiger partial charge in [-0.1, -0.05) is 31.9 Å². The van der Waals surface area contributed by atoms with Crippen LogP contribution < -0.4 is 0 Å². The minimum absolute atomic E-state index is 0.0819. The number of unbranched alkanes of at least 4 members (excludes halogenated alkanes) is 1. The van der Waals surface area contributed by atoms with Crippen molar-refractivity contribution in [1.29, 1.82) is 0 Å².